The van der Waals surface area contributed by atoms with Crippen LogP contribution < -0.4 is 10.6 Å². The lowest BCUT2D eigenvalue weighted by Gasteiger charge is -2.15. The van der Waals surface area contributed by atoms with Crippen LogP contribution in [0.15, 0.2) is 73.2 Å². The number of pyridine rings is 3. The minimum atomic E-state index is -0.797. The fourth-order valence-electron chi connectivity index (χ4n) is 4.29. The third-order valence-corrected chi connectivity index (χ3v) is 6.93. The Morgan fingerprint density at radius 3 is 2.51 bits per heavy atom. The number of carbonyl (C=O) groups is 1. The van der Waals surface area contributed by atoms with Crippen molar-refractivity contribution in [2.75, 3.05) is 10.6 Å². The second kappa shape index (κ2) is 10.6. The second-order valence-corrected chi connectivity index (χ2v) is 10.4. The van der Waals surface area contributed by atoms with E-state index in [-0.39, 0.29) is 11.8 Å². The normalized spacial score (nSPS) is 13.8. The third-order valence-electron chi connectivity index (χ3n) is 6.93. The average molecular weight is 519 g/mol. The minimum Gasteiger partial charge on any atom is -0.373 e. The lowest BCUT2D eigenvalue weighted by atomic mass is 9.90. The predicted octanol–water partition coefficient (Wildman–Crippen LogP) is 5.71. The fraction of sp³-hybridized carbons (Fsp3) is 0.258. The van der Waals surface area contributed by atoms with E-state index in [9.17, 15) is 15.2 Å². The molecular weight excluding hydrogens is 488 g/mol. The number of hydrogen-bond donors (Lipinski definition) is 3. The zero-order valence-corrected chi connectivity index (χ0v) is 22.1. The quantitative estimate of drug-likeness (QED) is 0.255. The van der Waals surface area contributed by atoms with Crippen molar-refractivity contribution in [2.24, 2.45) is 5.92 Å². The first-order valence-electron chi connectivity index (χ1n) is 12.9. The van der Waals surface area contributed by atoms with E-state index in [4.69, 9.17) is 0 Å². The van der Waals surface area contributed by atoms with Crippen LogP contribution in [0.5, 0.6) is 0 Å². The molecule has 0 saturated heterocycles. The van der Waals surface area contributed by atoms with Gasteiger partial charge in [-0.05, 0) is 98.8 Å². The molecule has 0 radical (unpaired) electrons. The summed E-state index contributed by atoms with van der Waals surface area (Å²) >= 11 is 0. The average Bonchev–Trinajstić information content (AvgIpc) is 3.80. The highest BCUT2D eigenvalue weighted by atomic mass is 16.3. The van der Waals surface area contributed by atoms with E-state index in [1.807, 2.05) is 49.4 Å². The van der Waals surface area contributed by atoms with Gasteiger partial charge in [0.2, 0.25) is 0 Å². The van der Waals surface area contributed by atoms with E-state index in [0.29, 0.717) is 22.8 Å². The monoisotopic (exact) mass is 518 g/mol. The maximum absolute atomic E-state index is 13.0. The number of nitrogens with one attached hydrogen (secondary N) is 2. The summed E-state index contributed by atoms with van der Waals surface area (Å²) in [5.74, 6) is 0.623. The van der Waals surface area contributed by atoms with Gasteiger partial charge in [0.05, 0.1) is 22.9 Å². The Morgan fingerprint density at radius 2 is 1.74 bits per heavy atom. The molecule has 3 heterocycles. The number of nitrogens with zero attached hydrogens (tertiary/aromatic N) is 4. The fourth-order valence-corrected chi connectivity index (χ4v) is 4.29. The summed E-state index contributed by atoms with van der Waals surface area (Å²) < 4.78 is 0. The van der Waals surface area contributed by atoms with E-state index in [0.717, 1.165) is 40.8 Å². The van der Waals surface area contributed by atoms with Gasteiger partial charge >= 0.3 is 0 Å². The first-order chi connectivity index (χ1) is 18.7. The number of anilines is 2. The highest BCUT2D eigenvalue weighted by Gasteiger charge is 2.30. The molecule has 1 aliphatic rings. The van der Waals surface area contributed by atoms with Crippen molar-refractivity contribution in [3.63, 3.8) is 0 Å². The number of aliphatic hydroxyl groups is 1. The number of aromatic nitrogens is 3. The van der Waals surface area contributed by atoms with E-state index in [2.05, 4.69) is 31.7 Å². The molecule has 196 valence electrons. The van der Waals surface area contributed by atoms with Gasteiger partial charge in [-0.3, -0.25) is 14.8 Å². The summed E-state index contributed by atoms with van der Waals surface area (Å²) in [6.07, 6.45) is 6.48. The number of rotatable bonds is 8. The molecule has 39 heavy (non-hydrogen) atoms. The van der Waals surface area contributed by atoms with E-state index < -0.39 is 11.6 Å². The van der Waals surface area contributed by atoms with Gasteiger partial charge in [-0.25, -0.2) is 4.98 Å². The van der Waals surface area contributed by atoms with Crippen LogP contribution >= 0.6 is 0 Å². The highest BCUT2D eigenvalue weighted by Crippen LogP contribution is 2.34. The van der Waals surface area contributed by atoms with Gasteiger partial charge < -0.3 is 15.7 Å². The smallest absolute Gasteiger partial charge is 0.255 e. The van der Waals surface area contributed by atoms with Crippen LogP contribution in [0.3, 0.4) is 0 Å². The van der Waals surface area contributed by atoms with Crippen molar-refractivity contribution in [1.82, 2.24) is 15.0 Å². The molecule has 3 N–H and O–H groups in total. The Balaban J connectivity index is 1.38. The molecule has 5 rings (SSSR count). The van der Waals surface area contributed by atoms with Crippen LogP contribution in [0.4, 0.5) is 11.5 Å². The summed E-state index contributed by atoms with van der Waals surface area (Å²) in [5.41, 5.74) is 5.47. The van der Waals surface area contributed by atoms with Crippen LogP contribution in [-0.2, 0) is 5.41 Å². The van der Waals surface area contributed by atoms with Crippen LogP contribution in [0, 0.1) is 24.2 Å². The molecule has 1 saturated carbocycles. The Kier molecular flexibility index (Phi) is 7.09. The molecule has 1 fully saturated rings. The highest BCUT2D eigenvalue weighted by molar-refractivity contribution is 6.04. The Labute approximate surface area is 227 Å². The van der Waals surface area contributed by atoms with Crippen molar-refractivity contribution >= 4 is 17.4 Å². The van der Waals surface area contributed by atoms with Crippen molar-refractivity contribution in [1.29, 1.82) is 5.26 Å². The van der Waals surface area contributed by atoms with Crippen molar-refractivity contribution in [2.45, 2.75) is 45.3 Å². The first kappa shape index (κ1) is 26.0. The maximum Gasteiger partial charge on any atom is 0.255 e. The number of nitriles is 1. The van der Waals surface area contributed by atoms with Crippen LogP contribution in [0.1, 0.15) is 48.3 Å². The van der Waals surface area contributed by atoms with Gasteiger partial charge in [-0.2, -0.15) is 5.26 Å². The molecule has 1 aromatic carbocycles. The molecule has 8 heteroatoms. The summed E-state index contributed by atoms with van der Waals surface area (Å²) in [6.45, 7) is 5.56. The van der Waals surface area contributed by atoms with E-state index >= 15 is 0 Å². The van der Waals surface area contributed by atoms with E-state index in [1.165, 1.54) is 0 Å². The first-order valence-corrected chi connectivity index (χ1v) is 12.9. The Hall–Kier alpha value is -4.61. The maximum atomic E-state index is 13.0. The Morgan fingerprint density at radius 1 is 1.00 bits per heavy atom. The molecule has 3 aromatic heterocycles. The molecule has 0 spiro atoms. The summed E-state index contributed by atoms with van der Waals surface area (Å²) in [6, 6.07) is 19.0. The molecule has 1 atom stereocenters. The van der Waals surface area contributed by atoms with Crippen LogP contribution in [0.2, 0.25) is 0 Å². The number of benzene rings is 1. The number of aliphatic hydroxyl groups excluding tert-OH is 1. The van der Waals surface area contributed by atoms with Gasteiger partial charge in [0, 0.05) is 41.3 Å². The van der Waals surface area contributed by atoms with Crippen LogP contribution in [-0.4, -0.2) is 32.2 Å². The largest absolute Gasteiger partial charge is 0.373 e. The molecule has 1 amide bonds. The molecule has 8 nitrogen and oxygen atoms in total. The van der Waals surface area contributed by atoms with E-state index in [1.54, 1.807) is 44.6 Å². The topological polar surface area (TPSA) is 124 Å². The molecule has 0 aliphatic heterocycles. The summed E-state index contributed by atoms with van der Waals surface area (Å²) in [7, 11) is 0. The molecule has 0 bridgehead atoms. The minimum absolute atomic E-state index is 0.275. The third kappa shape index (κ3) is 5.95. The zero-order valence-electron chi connectivity index (χ0n) is 22.1. The summed E-state index contributed by atoms with van der Waals surface area (Å²) in [4.78, 5) is 26.2. The van der Waals surface area contributed by atoms with Crippen molar-refractivity contribution in [3.8, 4) is 28.5 Å². The standard InChI is InChI=1S/C31H30N6O2/c1-19-4-7-24(36-30(39)23-10-12-34-27(15-23)31(2,3)18-32)17-25(19)21-8-11-33-26(14-21)22-9-13-35-28(16-22)37-29(38)20-5-6-20/h4,7-17,20,29,38H,5-6H2,1-3H3,(H,35,37)(H,36,39). The van der Waals surface area contributed by atoms with Gasteiger partial charge in [0.25, 0.3) is 5.91 Å². The number of aryl methyl sites for hydroxylation is 1. The number of carbonyl (C=O) groups excluding carboxylic acids is 1. The number of hydrogen-bond acceptors (Lipinski definition) is 7. The molecule has 1 aliphatic carbocycles. The molecular formula is C31H30N6O2. The lowest BCUT2D eigenvalue weighted by Crippen LogP contribution is -2.21. The Bertz CT molecular complexity index is 1570. The van der Waals surface area contributed by atoms with Crippen molar-refractivity contribution < 1.29 is 9.90 Å². The van der Waals surface area contributed by atoms with Crippen LogP contribution in [0.25, 0.3) is 22.4 Å². The van der Waals surface area contributed by atoms with Gasteiger partial charge in [-0.15, -0.1) is 0 Å². The zero-order chi connectivity index (χ0) is 27.6. The summed E-state index contributed by atoms with van der Waals surface area (Å²) in [5, 5.41) is 25.7. The van der Waals surface area contributed by atoms with Gasteiger partial charge in [0.1, 0.15) is 12.0 Å². The second-order valence-electron chi connectivity index (χ2n) is 10.4. The molecule has 4 aromatic rings. The van der Waals surface area contributed by atoms with Gasteiger partial charge in [0.15, 0.2) is 0 Å². The number of amides is 1. The van der Waals surface area contributed by atoms with Gasteiger partial charge in [-0.1, -0.05) is 6.07 Å². The predicted molar refractivity (Wildman–Crippen MR) is 151 cm³/mol. The SMILES string of the molecule is Cc1ccc(NC(=O)c2ccnc(C(C)(C)C#N)c2)cc1-c1ccnc(-c2ccnc(NC(O)C3CC3)c2)c1. The van der Waals surface area contributed by atoms with Crippen molar-refractivity contribution in [3.05, 3.63) is 90.0 Å². The lowest BCUT2D eigenvalue weighted by molar-refractivity contribution is 0.102. The molecule has 1 unspecified atom stereocenters.